The zero-order valence-corrected chi connectivity index (χ0v) is 14.4. The van der Waals surface area contributed by atoms with Crippen LogP contribution in [0, 0.1) is 5.82 Å². The number of nitrogens with one attached hydrogen (secondary N) is 2. The molecule has 0 atom stereocenters. The average Bonchev–Trinajstić information content (AvgIpc) is 3.14. The molecule has 0 aliphatic heterocycles. The van der Waals surface area contributed by atoms with E-state index in [4.69, 9.17) is 0 Å². The van der Waals surface area contributed by atoms with E-state index < -0.39 is 15.4 Å². The number of sulfonamides is 1. The van der Waals surface area contributed by atoms with Gasteiger partial charge in [0.25, 0.3) is 0 Å². The zero-order chi connectivity index (χ0) is 16.7. The van der Waals surface area contributed by atoms with Crippen LogP contribution >= 0.6 is 11.3 Å². The first kappa shape index (κ1) is 16.2. The highest BCUT2D eigenvalue weighted by Gasteiger charge is 2.27. The summed E-state index contributed by atoms with van der Waals surface area (Å²) < 4.78 is 41.0. The standard InChI is InChI=1S/C16H17FN2O2S2/c1-16(2,10-19-23(20,21)15-4-3-7-22-15)13-9-18-14-6-5-11(17)8-12(13)14/h3-9,18-19H,10H2,1-2H3. The van der Waals surface area contributed by atoms with Gasteiger partial charge in [-0.25, -0.2) is 17.5 Å². The third kappa shape index (κ3) is 3.17. The molecule has 2 heterocycles. The van der Waals surface area contributed by atoms with Crippen LogP contribution in [0.15, 0.2) is 46.1 Å². The van der Waals surface area contributed by atoms with Crippen LogP contribution in [-0.4, -0.2) is 19.9 Å². The minimum atomic E-state index is -3.52. The van der Waals surface area contributed by atoms with E-state index >= 15 is 0 Å². The molecule has 0 aliphatic carbocycles. The van der Waals surface area contributed by atoms with Crippen molar-refractivity contribution in [1.82, 2.24) is 9.71 Å². The van der Waals surface area contributed by atoms with Gasteiger partial charge in [0, 0.05) is 29.1 Å². The van der Waals surface area contributed by atoms with Gasteiger partial charge >= 0.3 is 0 Å². The normalized spacial score (nSPS) is 12.8. The van der Waals surface area contributed by atoms with E-state index in [0.29, 0.717) is 4.21 Å². The van der Waals surface area contributed by atoms with Crippen molar-refractivity contribution in [1.29, 1.82) is 0 Å². The summed E-state index contributed by atoms with van der Waals surface area (Å²) in [7, 11) is -3.52. The summed E-state index contributed by atoms with van der Waals surface area (Å²) in [6, 6.07) is 7.82. The maximum Gasteiger partial charge on any atom is 0.250 e. The first-order valence-electron chi connectivity index (χ1n) is 7.10. The highest BCUT2D eigenvalue weighted by atomic mass is 32.2. The van der Waals surface area contributed by atoms with Crippen molar-refractivity contribution in [3.8, 4) is 0 Å². The number of fused-ring (bicyclic) bond motifs is 1. The highest BCUT2D eigenvalue weighted by molar-refractivity contribution is 7.91. The van der Waals surface area contributed by atoms with Crippen molar-refractivity contribution in [3.05, 3.63) is 53.3 Å². The molecule has 0 spiro atoms. The Morgan fingerprint density at radius 2 is 2.09 bits per heavy atom. The van der Waals surface area contributed by atoms with Gasteiger partial charge in [0.15, 0.2) is 0 Å². The maximum absolute atomic E-state index is 13.5. The molecule has 0 saturated heterocycles. The summed E-state index contributed by atoms with van der Waals surface area (Å²) in [5.41, 5.74) is 1.22. The van der Waals surface area contributed by atoms with Crippen LogP contribution < -0.4 is 4.72 Å². The third-order valence-corrected chi connectivity index (χ3v) is 6.64. The van der Waals surface area contributed by atoms with Crippen molar-refractivity contribution in [2.75, 3.05) is 6.54 Å². The fourth-order valence-corrected chi connectivity index (χ4v) is 4.76. The van der Waals surface area contributed by atoms with Crippen molar-refractivity contribution in [3.63, 3.8) is 0 Å². The van der Waals surface area contributed by atoms with E-state index in [1.807, 2.05) is 20.0 Å². The van der Waals surface area contributed by atoms with Gasteiger partial charge in [-0.3, -0.25) is 0 Å². The van der Waals surface area contributed by atoms with Gasteiger partial charge in [0.1, 0.15) is 10.0 Å². The second-order valence-electron chi connectivity index (χ2n) is 6.03. The minimum Gasteiger partial charge on any atom is -0.361 e. The number of aromatic nitrogens is 1. The molecule has 1 aromatic carbocycles. The van der Waals surface area contributed by atoms with Gasteiger partial charge in [-0.1, -0.05) is 19.9 Å². The highest BCUT2D eigenvalue weighted by Crippen LogP contribution is 2.31. The second kappa shape index (κ2) is 5.74. The molecule has 2 N–H and O–H groups in total. The number of benzene rings is 1. The molecule has 0 unspecified atom stereocenters. The molecular formula is C16H17FN2O2S2. The van der Waals surface area contributed by atoms with E-state index in [0.717, 1.165) is 16.5 Å². The molecule has 4 nitrogen and oxygen atoms in total. The van der Waals surface area contributed by atoms with E-state index in [-0.39, 0.29) is 12.4 Å². The van der Waals surface area contributed by atoms with E-state index in [2.05, 4.69) is 9.71 Å². The summed E-state index contributed by atoms with van der Waals surface area (Å²) in [5.74, 6) is -0.312. The van der Waals surface area contributed by atoms with Gasteiger partial charge in [-0.15, -0.1) is 11.3 Å². The Hall–Kier alpha value is -1.70. The monoisotopic (exact) mass is 352 g/mol. The SMILES string of the molecule is CC(C)(CNS(=O)(=O)c1cccs1)c1c[nH]c2ccc(F)cc12. The van der Waals surface area contributed by atoms with E-state index in [1.54, 1.807) is 23.6 Å². The van der Waals surface area contributed by atoms with Gasteiger partial charge in [0.05, 0.1) is 0 Å². The molecule has 0 saturated carbocycles. The number of hydrogen-bond donors (Lipinski definition) is 2. The molecule has 7 heteroatoms. The number of H-pyrrole nitrogens is 1. The minimum absolute atomic E-state index is 0.219. The molecule has 0 bridgehead atoms. The number of hydrogen-bond acceptors (Lipinski definition) is 3. The third-order valence-electron chi connectivity index (χ3n) is 3.84. The van der Waals surface area contributed by atoms with Crippen LogP contribution in [0.5, 0.6) is 0 Å². The van der Waals surface area contributed by atoms with Crippen LogP contribution in [0.2, 0.25) is 0 Å². The van der Waals surface area contributed by atoms with E-state index in [9.17, 15) is 12.8 Å². The molecule has 0 radical (unpaired) electrons. The van der Waals surface area contributed by atoms with Crippen molar-refractivity contribution >= 4 is 32.3 Å². The summed E-state index contributed by atoms with van der Waals surface area (Å²) in [6.07, 6.45) is 1.81. The van der Waals surface area contributed by atoms with Crippen LogP contribution in [-0.2, 0) is 15.4 Å². The summed E-state index contributed by atoms with van der Waals surface area (Å²) in [5, 5.41) is 2.49. The predicted octanol–water partition coefficient (Wildman–Crippen LogP) is 3.62. The molecule has 23 heavy (non-hydrogen) atoms. The van der Waals surface area contributed by atoms with Crippen molar-refractivity contribution < 1.29 is 12.8 Å². The molecule has 0 aliphatic rings. The Labute approximate surface area is 138 Å². The Kier molecular flexibility index (Phi) is 4.03. The van der Waals surface area contributed by atoms with Gasteiger partial charge in [-0.05, 0) is 35.2 Å². The molecule has 2 aromatic heterocycles. The number of thiophene rings is 1. The van der Waals surface area contributed by atoms with Crippen molar-refractivity contribution in [2.24, 2.45) is 0 Å². The topological polar surface area (TPSA) is 62.0 Å². The lowest BCUT2D eigenvalue weighted by Gasteiger charge is -2.24. The Balaban J connectivity index is 1.88. The Morgan fingerprint density at radius 3 is 2.78 bits per heavy atom. The molecule has 3 aromatic rings. The predicted molar refractivity (Wildman–Crippen MR) is 90.8 cm³/mol. The quantitative estimate of drug-likeness (QED) is 0.737. The molecule has 122 valence electrons. The number of halogens is 1. The van der Waals surface area contributed by atoms with Gasteiger partial charge in [0.2, 0.25) is 10.0 Å². The zero-order valence-electron chi connectivity index (χ0n) is 12.8. The molecule has 0 fully saturated rings. The number of aromatic amines is 1. The summed E-state index contributed by atoms with van der Waals surface area (Å²) in [4.78, 5) is 3.10. The van der Waals surface area contributed by atoms with Crippen molar-refractivity contribution in [2.45, 2.75) is 23.5 Å². The molecule has 0 amide bonds. The Morgan fingerprint density at radius 1 is 1.30 bits per heavy atom. The second-order valence-corrected chi connectivity index (χ2v) is 8.97. The van der Waals surface area contributed by atoms with Crippen LogP contribution in [0.25, 0.3) is 10.9 Å². The number of rotatable bonds is 5. The summed E-state index contributed by atoms with van der Waals surface area (Å²) in [6.45, 7) is 4.08. The maximum atomic E-state index is 13.5. The van der Waals surface area contributed by atoms with Crippen LogP contribution in [0.4, 0.5) is 4.39 Å². The van der Waals surface area contributed by atoms with Gasteiger partial charge < -0.3 is 4.98 Å². The van der Waals surface area contributed by atoms with Crippen LogP contribution in [0.3, 0.4) is 0 Å². The summed E-state index contributed by atoms with van der Waals surface area (Å²) >= 11 is 1.18. The lowest BCUT2D eigenvalue weighted by molar-refractivity contribution is 0.505. The molecule has 3 rings (SSSR count). The Bertz CT molecular complexity index is 928. The lowest BCUT2D eigenvalue weighted by atomic mass is 9.85. The fourth-order valence-electron chi connectivity index (χ4n) is 2.51. The first-order valence-corrected chi connectivity index (χ1v) is 9.46. The molecular weight excluding hydrogens is 335 g/mol. The van der Waals surface area contributed by atoms with E-state index in [1.165, 1.54) is 23.5 Å². The average molecular weight is 352 g/mol. The van der Waals surface area contributed by atoms with Crippen LogP contribution in [0.1, 0.15) is 19.4 Å². The first-order chi connectivity index (χ1) is 10.8. The van der Waals surface area contributed by atoms with Gasteiger partial charge in [-0.2, -0.15) is 0 Å². The fraction of sp³-hybridized carbons (Fsp3) is 0.250. The largest absolute Gasteiger partial charge is 0.361 e. The smallest absolute Gasteiger partial charge is 0.250 e. The lowest BCUT2D eigenvalue weighted by Crippen LogP contribution is -2.36.